The van der Waals surface area contributed by atoms with Gasteiger partial charge in [0.25, 0.3) is 0 Å². The van der Waals surface area contributed by atoms with Crippen molar-refractivity contribution in [2.75, 3.05) is 6.61 Å². The van der Waals surface area contributed by atoms with Crippen molar-refractivity contribution in [3.05, 3.63) is 35.9 Å². The molecule has 28 heavy (non-hydrogen) atoms. The number of benzene rings is 1. The first-order chi connectivity index (χ1) is 13.8. The van der Waals surface area contributed by atoms with Crippen molar-refractivity contribution in [3.8, 4) is 0 Å². The summed E-state index contributed by atoms with van der Waals surface area (Å²) in [5, 5.41) is 10.4. The molecule has 10 nitrogen and oxygen atoms in total. The van der Waals surface area contributed by atoms with Crippen LogP contribution in [-0.2, 0) is 39.9 Å². The van der Waals surface area contributed by atoms with Crippen LogP contribution in [0.4, 0.5) is 4.79 Å². The SMILES string of the molecule is [2H]NC(=O)O[C@H]1[C@H](OC(C)=O)[C@@H](COC(C)=O)OC(O)[C@H]1OCc1ccccc1. The lowest BCUT2D eigenvalue weighted by Crippen LogP contribution is -2.62. The summed E-state index contributed by atoms with van der Waals surface area (Å²) in [5.41, 5.74) is 2.32. The molecular weight excluding hydrogens is 374 g/mol. The van der Waals surface area contributed by atoms with Crippen molar-refractivity contribution in [1.29, 1.82) is 0 Å². The maximum atomic E-state index is 11.7. The smallest absolute Gasteiger partial charge is 0.405 e. The molecule has 0 saturated carbocycles. The number of esters is 2. The fourth-order valence-electron chi connectivity index (χ4n) is 2.76. The Hall–Kier alpha value is -2.69. The number of aliphatic hydroxyl groups is 1. The predicted molar refractivity (Wildman–Crippen MR) is 92.5 cm³/mol. The molecule has 1 unspecified atom stereocenters. The van der Waals surface area contributed by atoms with Crippen LogP contribution in [0.5, 0.6) is 0 Å². The Bertz CT molecular complexity index is 702. The summed E-state index contributed by atoms with van der Waals surface area (Å²) in [6, 6.07) is 8.99. The van der Waals surface area contributed by atoms with Gasteiger partial charge in [0.05, 0.1) is 6.61 Å². The van der Waals surface area contributed by atoms with Crippen LogP contribution in [0.2, 0.25) is 1.41 Å². The zero-order valence-corrected chi connectivity index (χ0v) is 15.4. The Labute approximate surface area is 162 Å². The Morgan fingerprint density at radius 3 is 2.43 bits per heavy atom. The third kappa shape index (κ3) is 6.19. The number of amides is 1. The Kier molecular flexibility index (Phi) is 7.18. The van der Waals surface area contributed by atoms with Crippen LogP contribution in [-0.4, -0.2) is 60.5 Å². The molecule has 1 aromatic carbocycles. The van der Waals surface area contributed by atoms with E-state index in [0.29, 0.717) is 0 Å². The van der Waals surface area contributed by atoms with Gasteiger partial charge in [-0.15, -0.1) is 0 Å². The summed E-state index contributed by atoms with van der Waals surface area (Å²) in [4.78, 5) is 34.4. The number of carbonyl (C=O) groups excluding carboxylic acids is 3. The molecule has 10 heteroatoms. The summed E-state index contributed by atoms with van der Waals surface area (Å²) < 4.78 is 33.3. The normalized spacial score (nSPS) is 27.2. The molecular formula is C18H23NO9. The maximum Gasteiger partial charge on any atom is 0.405 e. The zero-order chi connectivity index (χ0) is 21.4. The molecule has 0 aromatic heterocycles. The molecule has 5 atom stereocenters. The number of hydrogen-bond acceptors (Lipinski definition) is 9. The van der Waals surface area contributed by atoms with Crippen molar-refractivity contribution in [3.63, 3.8) is 0 Å². The lowest BCUT2D eigenvalue weighted by atomic mass is 9.98. The molecule has 0 radical (unpaired) electrons. The van der Waals surface area contributed by atoms with Gasteiger partial charge in [0, 0.05) is 13.8 Å². The maximum absolute atomic E-state index is 11.7. The number of nitrogens with two attached hydrogens (primary N) is 1. The molecule has 1 aromatic rings. The monoisotopic (exact) mass is 398 g/mol. The summed E-state index contributed by atoms with van der Waals surface area (Å²) in [7, 11) is 0. The first kappa shape index (κ1) is 20.1. The van der Waals surface area contributed by atoms with Crippen molar-refractivity contribution in [1.82, 2.24) is 0 Å². The molecule has 0 aliphatic carbocycles. The molecule has 1 aliphatic heterocycles. The fraction of sp³-hybridized carbons (Fsp3) is 0.500. The lowest BCUT2D eigenvalue weighted by Gasteiger charge is -2.42. The Balaban J connectivity index is 2.25. The third-order valence-corrected chi connectivity index (χ3v) is 3.89. The first-order valence-electron chi connectivity index (χ1n) is 8.99. The van der Waals surface area contributed by atoms with Gasteiger partial charge in [0.2, 0.25) is 0 Å². The van der Waals surface area contributed by atoms with Gasteiger partial charge in [-0.1, -0.05) is 30.3 Å². The van der Waals surface area contributed by atoms with Crippen LogP contribution < -0.4 is 5.73 Å². The highest BCUT2D eigenvalue weighted by atomic mass is 16.7. The van der Waals surface area contributed by atoms with Crippen LogP contribution in [0.15, 0.2) is 30.3 Å². The standard InChI is InChI=1S/C18H23NO9/c1-10(20)24-9-13-14(26-11(2)21)15(28-18(19)23)16(17(22)27-13)25-8-12-6-4-3-5-7-12/h3-7,13-17,22H,8-9H2,1-2H3,(H2,19,23)/t13-,14-,15+,16+,17?/m1/s1/i/hD. The Morgan fingerprint density at radius 2 is 1.82 bits per heavy atom. The molecule has 1 heterocycles. The molecule has 1 fully saturated rings. The van der Waals surface area contributed by atoms with Gasteiger partial charge in [0.1, 0.15) is 18.8 Å². The van der Waals surface area contributed by atoms with Crippen LogP contribution in [0, 0.1) is 0 Å². The largest absolute Gasteiger partial charge is 0.463 e. The zero-order valence-electron chi connectivity index (χ0n) is 16.4. The molecule has 1 aliphatic rings. The number of primary amides is 1. The van der Waals surface area contributed by atoms with E-state index in [1.54, 1.807) is 30.0 Å². The second kappa shape index (κ2) is 10.0. The van der Waals surface area contributed by atoms with Gasteiger partial charge in [0.15, 0.2) is 19.9 Å². The highest BCUT2D eigenvalue weighted by molar-refractivity contribution is 5.67. The summed E-state index contributed by atoms with van der Waals surface area (Å²) in [6.45, 7) is 1.98. The van der Waals surface area contributed by atoms with Crippen molar-refractivity contribution < 1.29 is 44.6 Å². The van der Waals surface area contributed by atoms with Gasteiger partial charge in [-0.2, -0.15) is 0 Å². The van der Waals surface area contributed by atoms with E-state index in [4.69, 9.17) is 25.1 Å². The van der Waals surface area contributed by atoms with Crippen molar-refractivity contribution in [2.24, 2.45) is 5.73 Å². The van der Waals surface area contributed by atoms with E-state index in [2.05, 4.69) is 0 Å². The van der Waals surface area contributed by atoms with Gasteiger partial charge >= 0.3 is 18.0 Å². The summed E-state index contributed by atoms with van der Waals surface area (Å²) >= 11 is 0. The van der Waals surface area contributed by atoms with Crippen LogP contribution in [0.1, 0.15) is 19.4 Å². The average Bonchev–Trinajstić information content (AvgIpc) is 2.68. The predicted octanol–water partition coefficient (Wildman–Crippen LogP) is 0.248. The number of ether oxygens (including phenoxy) is 5. The van der Waals surface area contributed by atoms with Crippen molar-refractivity contribution in [2.45, 2.75) is 51.2 Å². The molecule has 2 rings (SSSR count). The van der Waals surface area contributed by atoms with Crippen LogP contribution in [0.25, 0.3) is 0 Å². The molecule has 3 N–H and O–H groups in total. The van der Waals surface area contributed by atoms with E-state index < -0.39 is 48.7 Å². The minimum atomic E-state index is -1.59. The number of hydrogen-bond donors (Lipinski definition) is 2. The molecule has 0 bridgehead atoms. The summed E-state index contributed by atoms with van der Waals surface area (Å²) in [6.07, 6.45) is -7.70. The minimum Gasteiger partial charge on any atom is -0.463 e. The van der Waals surface area contributed by atoms with Crippen LogP contribution >= 0.6 is 0 Å². The highest BCUT2D eigenvalue weighted by Gasteiger charge is 2.50. The second-order valence-electron chi connectivity index (χ2n) is 6.07. The molecule has 154 valence electrons. The van der Waals surface area contributed by atoms with Gasteiger partial charge in [-0.05, 0) is 5.56 Å². The Morgan fingerprint density at radius 1 is 1.11 bits per heavy atom. The summed E-state index contributed by atoms with van der Waals surface area (Å²) in [5.74, 6) is -1.34. The number of rotatable bonds is 7. The van der Waals surface area contributed by atoms with Gasteiger partial charge < -0.3 is 34.5 Å². The van der Waals surface area contributed by atoms with Crippen LogP contribution in [0.3, 0.4) is 0 Å². The molecule has 1 amide bonds. The minimum absolute atomic E-state index is 0.0374. The third-order valence-electron chi connectivity index (χ3n) is 3.89. The van der Waals surface area contributed by atoms with E-state index in [9.17, 15) is 19.5 Å². The molecule has 0 spiro atoms. The number of carbonyl (C=O) groups is 3. The second-order valence-corrected chi connectivity index (χ2v) is 6.07. The van der Waals surface area contributed by atoms with Gasteiger partial charge in [-0.3, -0.25) is 9.59 Å². The topological polar surface area (TPSA) is 144 Å². The molecule has 1 saturated heterocycles. The fourth-order valence-corrected chi connectivity index (χ4v) is 2.76. The van der Waals surface area contributed by atoms with E-state index in [1.165, 1.54) is 6.92 Å². The van der Waals surface area contributed by atoms with E-state index in [1.807, 2.05) is 6.07 Å². The van der Waals surface area contributed by atoms with Gasteiger partial charge in [-0.25, -0.2) is 4.79 Å². The average molecular weight is 398 g/mol. The van der Waals surface area contributed by atoms with E-state index in [-0.39, 0.29) is 13.2 Å². The van der Waals surface area contributed by atoms with E-state index >= 15 is 0 Å². The lowest BCUT2D eigenvalue weighted by molar-refractivity contribution is -0.300. The first-order valence-corrected chi connectivity index (χ1v) is 8.49. The van der Waals surface area contributed by atoms with E-state index in [0.717, 1.165) is 12.5 Å². The number of aliphatic hydroxyl groups excluding tert-OH is 1. The van der Waals surface area contributed by atoms with Crippen molar-refractivity contribution >= 4 is 18.0 Å². The highest BCUT2D eigenvalue weighted by Crippen LogP contribution is 2.28. The quantitative estimate of drug-likeness (QED) is 0.488.